The molecule has 0 N–H and O–H groups in total. The molecule has 5 nitrogen and oxygen atoms in total. The maximum absolute atomic E-state index is 11.8. The van der Waals surface area contributed by atoms with Crippen molar-refractivity contribution in [2.45, 2.75) is 12.1 Å². The highest BCUT2D eigenvalue weighted by Crippen LogP contribution is 2.28. The van der Waals surface area contributed by atoms with Crippen molar-refractivity contribution in [1.82, 2.24) is 9.36 Å². The van der Waals surface area contributed by atoms with Crippen molar-refractivity contribution < 1.29 is 14.3 Å². The monoisotopic (exact) mass is 296 g/mol. The fraction of sp³-hybridized carbons (Fsp3) is 0.250. The average Bonchev–Trinajstić information content (AvgIpc) is 2.87. The molecule has 19 heavy (non-hydrogen) atoms. The van der Waals surface area contributed by atoms with E-state index in [2.05, 4.69) is 9.36 Å². The standard InChI is InChI=1S/C12H12N2O3S2/c1-3-16-10(15)8-6-4-5-7-9(8)17-12-13-11(18-2)14-19-12/h4-7H,3H2,1-2H3. The summed E-state index contributed by atoms with van der Waals surface area (Å²) in [5.41, 5.74) is 0.380. The van der Waals surface area contributed by atoms with Gasteiger partial charge in [-0.1, -0.05) is 23.9 Å². The Bertz CT molecular complexity index is 572. The lowest BCUT2D eigenvalue weighted by Gasteiger charge is -2.07. The van der Waals surface area contributed by atoms with Gasteiger partial charge in [-0.05, 0) is 25.3 Å². The van der Waals surface area contributed by atoms with Gasteiger partial charge in [-0.25, -0.2) is 4.79 Å². The third kappa shape index (κ3) is 3.45. The van der Waals surface area contributed by atoms with E-state index in [1.54, 1.807) is 31.2 Å². The molecule has 100 valence electrons. The zero-order valence-corrected chi connectivity index (χ0v) is 12.1. The van der Waals surface area contributed by atoms with Crippen molar-refractivity contribution in [2.24, 2.45) is 0 Å². The minimum absolute atomic E-state index is 0.322. The molecule has 0 amide bonds. The second-order valence-corrected chi connectivity index (χ2v) is 4.85. The van der Waals surface area contributed by atoms with Gasteiger partial charge in [0.15, 0.2) is 0 Å². The topological polar surface area (TPSA) is 61.3 Å². The summed E-state index contributed by atoms with van der Waals surface area (Å²) in [5, 5.41) is 1.05. The highest BCUT2D eigenvalue weighted by atomic mass is 32.2. The highest BCUT2D eigenvalue weighted by Gasteiger charge is 2.15. The largest absolute Gasteiger partial charge is 0.462 e. The molecule has 0 aliphatic carbocycles. The van der Waals surface area contributed by atoms with Gasteiger partial charge in [0.25, 0.3) is 5.19 Å². The van der Waals surface area contributed by atoms with Crippen LogP contribution >= 0.6 is 23.3 Å². The smallest absolute Gasteiger partial charge is 0.341 e. The molecule has 2 aromatic rings. The molecule has 0 radical (unpaired) electrons. The predicted octanol–water partition coefficient (Wildman–Crippen LogP) is 3.23. The molecule has 0 saturated heterocycles. The Balaban J connectivity index is 2.22. The summed E-state index contributed by atoms with van der Waals surface area (Å²) in [4.78, 5) is 15.9. The van der Waals surface area contributed by atoms with Gasteiger partial charge in [-0.2, -0.15) is 9.36 Å². The minimum atomic E-state index is -0.410. The normalized spacial score (nSPS) is 10.2. The minimum Gasteiger partial charge on any atom is -0.462 e. The van der Waals surface area contributed by atoms with Crippen LogP contribution in [0.4, 0.5) is 0 Å². The van der Waals surface area contributed by atoms with Crippen LogP contribution in [0.5, 0.6) is 10.9 Å². The van der Waals surface area contributed by atoms with Crippen LogP contribution in [0.25, 0.3) is 0 Å². The fourth-order valence-electron chi connectivity index (χ4n) is 1.35. The number of thioether (sulfide) groups is 1. The number of nitrogens with zero attached hydrogens (tertiary/aromatic N) is 2. The van der Waals surface area contributed by atoms with Gasteiger partial charge in [-0.3, -0.25) is 0 Å². The summed E-state index contributed by atoms with van der Waals surface area (Å²) in [7, 11) is 0. The number of hydrogen-bond donors (Lipinski definition) is 0. The Morgan fingerprint density at radius 1 is 1.42 bits per heavy atom. The SMILES string of the molecule is CCOC(=O)c1ccccc1Oc1nc(SC)ns1. The van der Waals surface area contributed by atoms with E-state index in [4.69, 9.17) is 9.47 Å². The summed E-state index contributed by atoms with van der Waals surface area (Å²) < 4.78 is 14.7. The molecule has 0 saturated carbocycles. The molecule has 0 bridgehead atoms. The van der Waals surface area contributed by atoms with Gasteiger partial charge in [0.05, 0.1) is 6.61 Å². The van der Waals surface area contributed by atoms with Crippen LogP contribution in [0.15, 0.2) is 29.4 Å². The number of carbonyl (C=O) groups is 1. The van der Waals surface area contributed by atoms with E-state index in [9.17, 15) is 4.79 Å². The number of benzene rings is 1. The Morgan fingerprint density at radius 3 is 2.89 bits per heavy atom. The van der Waals surface area contributed by atoms with E-state index in [1.165, 1.54) is 11.8 Å². The van der Waals surface area contributed by atoms with Gasteiger partial charge in [0.2, 0.25) is 5.16 Å². The number of carbonyl (C=O) groups excluding carboxylic acids is 1. The zero-order chi connectivity index (χ0) is 13.7. The number of aromatic nitrogens is 2. The van der Waals surface area contributed by atoms with Crippen LogP contribution in [0.3, 0.4) is 0 Å². The molecule has 0 spiro atoms. The van der Waals surface area contributed by atoms with Crippen molar-refractivity contribution >= 4 is 29.3 Å². The zero-order valence-electron chi connectivity index (χ0n) is 10.5. The Morgan fingerprint density at radius 2 is 2.21 bits per heavy atom. The Labute approximate surface area is 119 Å². The molecule has 7 heteroatoms. The second-order valence-electron chi connectivity index (χ2n) is 3.37. The lowest BCUT2D eigenvalue weighted by Crippen LogP contribution is -2.06. The van der Waals surface area contributed by atoms with Crippen molar-refractivity contribution in [3.05, 3.63) is 29.8 Å². The van der Waals surface area contributed by atoms with Crippen molar-refractivity contribution in [3.63, 3.8) is 0 Å². The highest BCUT2D eigenvalue weighted by molar-refractivity contribution is 7.98. The lowest BCUT2D eigenvalue weighted by molar-refractivity contribution is 0.0523. The molecular weight excluding hydrogens is 284 g/mol. The summed E-state index contributed by atoms with van der Waals surface area (Å²) in [5.74, 6) is 0.0115. The van der Waals surface area contributed by atoms with Crippen molar-refractivity contribution in [2.75, 3.05) is 12.9 Å². The van der Waals surface area contributed by atoms with E-state index in [0.717, 1.165) is 11.5 Å². The van der Waals surface area contributed by atoms with Crippen LogP contribution in [0.1, 0.15) is 17.3 Å². The third-order valence-corrected chi connectivity index (χ3v) is 3.41. The van der Waals surface area contributed by atoms with E-state index >= 15 is 0 Å². The van der Waals surface area contributed by atoms with Crippen LogP contribution in [-0.4, -0.2) is 28.2 Å². The first-order chi connectivity index (χ1) is 9.24. The molecule has 0 aliphatic heterocycles. The lowest BCUT2D eigenvalue weighted by atomic mass is 10.2. The molecule has 1 aromatic heterocycles. The molecule has 1 heterocycles. The van der Waals surface area contributed by atoms with E-state index in [1.807, 2.05) is 6.26 Å². The van der Waals surface area contributed by atoms with Crippen LogP contribution in [-0.2, 0) is 4.74 Å². The quantitative estimate of drug-likeness (QED) is 0.623. The maximum Gasteiger partial charge on any atom is 0.341 e. The molecule has 1 aromatic carbocycles. The van der Waals surface area contributed by atoms with Crippen molar-refractivity contribution in [1.29, 1.82) is 0 Å². The first-order valence-electron chi connectivity index (χ1n) is 5.56. The maximum atomic E-state index is 11.8. The van der Waals surface area contributed by atoms with E-state index < -0.39 is 5.97 Å². The molecule has 2 rings (SSSR count). The molecule has 0 unspecified atom stereocenters. The number of hydrogen-bond acceptors (Lipinski definition) is 7. The van der Waals surface area contributed by atoms with Gasteiger partial charge in [0, 0.05) is 11.5 Å². The van der Waals surface area contributed by atoms with Crippen LogP contribution < -0.4 is 4.74 Å². The number of para-hydroxylation sites is 1. The van der Waals surface area contributed by atoms with Crippen LogP contribution in [0, 0.1) is 0 Å². The second kappa shape index (κ2) is 6.53. The van der Waals surface area contributed by atoms with E-state index in [-0.39, 0.29) is 0 Å². The molecule has 0 atom stereocenters. The number of rotatable bonds is 5. The third-order valence-electron chi connectivity index (χ3n) is 2.15. The van der Waals surface area contributed by atoms with Gasteiger partial charge >= 0.3 is 5.97 Å². The van der Waals surface area contributed by atoms with Crippen LogP contribution in [0.2, 0.25) is 0 Å². The fourth-order valence-corrected chi connectivity index (χ4v) is 2.44. The number of esters is 1. The molecular formula is C12H12N2O3S2. The predicted molar refractivity (Wildman–Crippen MR) is 74.2 cm³/mol. The summed E-state index contributed by atoms with van der Waals surface area (Å²) in [6, 6.07) is 6.90. The average molecular weight is 296 g/mol. The first-order valence-corrected chi connectivity index (χ1v) is 7.56. The van der Waals surface area contributed by atoms with Gasteiger partial charge in [-0.15, -0.1) is 0 Å². The Kier molecular flexibility index (Phi) is 4.75. The Hall–Kier alpha value is -1.60. The summed E-state index contributed by atoms with van der Waals surface area (Å²) in [6.07, 6.45) is 1.89. The molecule has 0 fully saturated rings. The van der Waals surface area contributed by atoms with Gasteiger partial charge in [0.1, 0.15) is 11.3 Å². The summed E-state index contributed by atoms with van der Waals surface area (Å²) >= 11 is 2.58. The van der Waals surface area contributed by atoms with Crippen molar-refractivity contribution in [3.8, 4) is 10.9 Å². The van der Waals surface area contributed by atoms with Gasteiger partial charge < -0.3 is 9.47 Å². The summed E-state index contributed by atoms with van der Waals surface area (Å²) in [6.45, 7) is 2.08. The number of ether oxygens (including phenoxy) is 2. The first kappa shape index (κ1) is 13.8. The molecule has 0 aliphatic rings. The van der Waals surface area contributed by atoms with E-state index in [0.29, 0.717) is 28.3 Å².